The molecule has 1 unspecified atom stereocenters. The summed E-state index contributed by atoms with van der Waals surface area (Å²) in [5, 5.41) is 13.4. The van der Waals surface area contributed by atoms with Crippen molar-refractivity contribution in [2.24, 2.45) is 5.41 Å². The van der Waals surface area contributed by atoms with E-state index in [0.717, 1.165) is 38.4 Å². The summed E-state index contributed by atoms with van der Waals surface area (Å²) in [6.07, 6.45) is 2.33. The number of aliphatic hydroxyl groups excluding tert-OH is 1. The van der Waals surface area contributed by atoms with Crippen LogP contribution in [0.2, 0.25) is 0 Å². The molecule has 0 aromatic rings. The van der Waals surface area contributed by atoms with Gasteiger partial charge in [0, 0.05) is 25.4 Å². The van der Waals surface area contributed by atoms with E-state index in [2.05, 4.69) is 24.1 Å². The third kappa shape index (κ3) is 3.16. The van der Waals surface area contributed by atoms with E-state index in [-0.39, 0.29) is 5.54 Å². The molecule has 0 aromatic carbocycles. The highest BCUT2D eigenvalue weighted by Crippen LogP contribution is 2.42. The van der Waals surface area contributed by atoms with Crippen LogP contribution in [0.1, 0.15) is 26.7 Å². The summed E-state index contributed by atoms with van der Waals surface area (Å²) in [7, 11) is 0. The zero-order valence-electron chi connectivity index (χ0n) is 11.2. The number of hydrogen-bond acceptors (Lipinski definition) is 4. The highest BCUT2D eigenvalue weighted by atomic mass is 32.2. The van der Waals surface area contributed by atoms with Crippen LogP contribution >= 0.6 is 11.8 Å². The Balaban J connectivity index is 2.11. The number of rotatable bonds is 2. The number of hydrogen-bond donors (Lipinski definition) is 2. The van der Waals surface area contributed by atoms with Gasteiger partial charge in [0.25, 0.3) is 0 Å². The first-order valence-electron chi connectivity index (χ1n) is 6.72. The molecule has 0 aliphatic carbocycles. The van der Waals surface area contributed by atoms with E-state index in [1.165, 1.54) is 12.2 Å². The van der Waals surface area contributed by atoms with Crippen molar-refractivity contribution in [3.8, 4) is 0 Å². The zero-order chi connectivity index (χ0) is 12.4. The lowest BCUT2D eigenvalue weighted by molar-refractivity contribution is 0.0170. The summed E-state index contributed by atoms with van der Waals surface area (Å²) in [6.45, 7) is 9.37. The van der Waals surface area contributed by atoms with Gasteiger partial charge in [0.1, 0.15) is 0 Å². The molecule has 2 heterocycles. The topological polar surface area (TPSA) is 35.5 Å². The third-order valence-corrected chi connectivity index (χ3v) is 5.70. The summed E-state index contributed by atoms with van der Waals surface area (Å²) in [6, 6.07) is 0. The summed E-state index contributed by atoms with van der Waals surface area (Å²) in [5.41, 5.74) is 0.379. The fraction of sp³-hybridized carbons (Fsp3) is 1.00. The van der Waals surface area contributed by atoms with E-state index < -0.39 is 0 Å². The van der Waals surface area contributed by atoms with Crippen LogP contribution in [0.3, 0.4) is 0 Å². The lowest BCUT2D eigenvalue weighted by Gasteiger charge is -2.50. The van der Waals surface area contributed by atoms with E-state index >= 15 is 0 Å². The Morgan fingerprint density at radius 1 is 1.24 bits per heavy atom. The average Bonchev–Trinajstić information content (AvgIpc) is 2.56. The number of aliphatic hydroxyl groups is 1. The van der Waals surface area contributed by atoms with Crippen LogP contribution in [-0.4, -0.2) is 59.8 Å². The van der Waals surface area contributed by atoms with Crippen molar-refractivity contribution in [1.82, 2.24) is 10.2 Å². The second-order valence-electron chi connectivity index (χ2n) is 6.31. The fourth-order valence-electron chi connectivity index (χ4n) is 3.23. The molecule has 0 spiro atoms. The van der Waals surface area contributed by atoms with Gasteiger partial charge in [0.05, 0.1) is 12.1 Å². The minimum Gasteiger partial charge on any atom is -0.394 e. The van der Waals surface area contributed by atoms with Gasteiger partial charge in [-0.3, -0.25) is 4.90 Å². The van der Waals surface area contributed by atoms with Gasteiger partial charge < -0.3 is 10.4 Å². The first-order chi connectivity index (χ1) is 8.08. The van der Waals surface area contributed by atoms with Gasteiger partial charge in [-0.25, -0.2) is 0 Å². The average molecular weight is 258 g/mol. The molecule has 2 N–H and O–H groups in total. The molecule has 3 nitrogen and oxygen atoms in total. The second kappa shape index (κ2) is 5.47. The van der Waals surface area contributed by atoms with Crippen LogP contribution in [0, 0.1) is 5.41 Å². The standard InChI is InChI=1S/C13H26N2OS/c1-12(2)8-13(9-16,11-17-10-12)15-6-3-4-14-5-7-15/h14,16H,3-11H2,1-2H3. The van der Waals surface area contributed by atoms with Crippen molar-refractivity contribution in [2.45, 2.75) is 32.2 Å². The quantitative estimate of drug-likeness (QED) is 0.779. The van der Waals surface area contributed by atoms with Crippen LogP contribution in [0.25, 0.3) is 0 Å². The van der Waals surface area contributed by atoms with Crippen LogP contribution < -0.4 is 5.32 Å². The Bertz CT molecular complexity index is 252. The Hall–Kier alpha value is 0.230. The second-order valence-corrected chi connectivity index (χ2v) is 7.29. The van der Waals surface area contributed by atoms with Gasteiger partial charge in [-0.05, 0) is 30.6 Å². The maximum absolute atomic E-state index is 9.94. The van der Waals surface area contributed by atoms with Crippen molar-refractivity contribution in [3.63, 3.8) is 0 Å². The maximum Gasteiger partial charge on any atom is 0.0623 e. The summed E-state index contributed by atoms with van der Waals surface area (Å²) in [4.78, 5) is 2.54. The van der Waals surface area contributed by atoms with Crippen molar-refractivity contribution in [1.29, 1.82) is 0 Å². The van der Waals surface area contributed by atoms with Gasteiger partial charge >= 0.3 is 0 Å². The van der Waals surface area contributed by atoms with Crippen LogP contribution in [0.15, 0.2) is 0 Å². The first kappa shape index (κ1) is 13.7. The van der Waals surface area contributed by atoms with E-state index in [0.29, 0.717) is 12.0 Å². The monoisotopic (exact) mass is 258 g/mol. The van der Waals surface area contributed by atoms with E-state index in [1.54, 1.807) is 0 Å². The highest BCUT2D eigenvalue weighted by Gasteiger charge is 2.44. The van der Waals surface area contributed by atoms with Gasteiger partial charge in [-0.1, -0.05) is 13.8 Å². The smallest absolute Gasteiger partial charge is 0.0623 e. The van der Waals surface area contributed by atoms with Gasteiger partial charge in [0.15, 0.2) is 0 Å². The largest absolute Gasteiger partial charge is 0.394 e. The molecule has 2 saturated heterocycles. The highest BCUT2D eigenvalue weighted by molar-refractivity contribution is 7.99. The number of nitrogens with zero attached hydrogens (tertiary/aromatic N) is 1. The molecule has 2 rings (SSSR count). The Morgan fingerprint density at radius 3 is 2.76 bits per heavy atom. The minimum absolute atomic E-state index is 0.0262. The van der Waals surface area contributed by atoms with E-state index in [9.17, 15) is 5.11 Å². The minimum atomic E-state index is 0.0262. The molecule has 2 fully saturated rings. The zero-order valence-corrected chi connectivity index (χ0v) is 12.0. The molecular weight excluding hydrogens is 232 g/mol. The molecule has 0 amide bonds. The van der Waals surface area contributed by atoms with Crippen molar-refractivity contribution in [3.05, 3.63) is 0 Å². The van der Waals surface area contributed by atoms with E-state index in [4.69, 9.17) is 0 Å². The van der Waals surface area contributed by atoms with Crippen molar-refractivity contribution < 1.29 is 5.11 Å². The van der Waals surface area contributed by atoms with Crippen molar-refractivity contribution >= 4 is 11.8 Å². The normalized spacial score (nSPS) is 35.5. The number of nitrogens with one attached hydrogen (secondary N) is 1. The Kier molecular flexibility index (Phi) is 4.40. The predicted octanol–water partition coefficient (Wildman–Crippen LogP) is 1.18. The lowest BCUT2D eigenvalue weighted by atomic mass is 9.79. The van der Waals surface area contributed by atoms with Crippen LogP contribution in [0.4, 0.5) is 0 Å². The fourth-order valence-corrected chi connectivity index (χ4v) is 4.75. The van der Waals surface area contributed by atoms with E-state index in [1.807, 2.05) is 11.8 Å². The van der Waals surface area contributed by atoms with Gasteiger partial charge in [-0.2, -0.15) is 11.8 Å². The van der Waals surface area contributed by atoms with Gasteiger partial charge in [0.2, 0.25) is 0 Å². The maximum atomic E-state index is 9.94. The molecule has 0 radical (unpaired) electrons. The summed E-state index contributed by atoms with van der Waals surface area (Å²) < 4.78 is 0. The van der Waals surface area contributed by atoms with Gasteiger partial charge in [-0.15, -0.1) is 0 Å². The summed E-state index contributed by atoms with van der Waals surface area (Å²) >= 11 is 2.01. The van der Waals surface area contributed by atoms with Crippen LogP contribution in [0.5, 0.6) is 0 Å². The molecule has 0 aromatic heterocycles. The SMILES string of the molecule is CC1(C)CSCC(CO)(N2CCCNCC2)C1. The molecule has 17 heavy (non-hydrogen) atoms. The molecule has 0 bridgehead atoms. The molecule has 0 saturated carbocycles. The van der Waals surface area contributed by atoms with Crippen LogP contribution in [-0.2, 0) is 0 Å². The molecule has 2 aliphatic heterocycles. The van der Waals surface area contributed by atoms with Crippen molar-refractivity contribution in [2.75, 3.05) is 44.3 Å². The Labute approximate surface area is 109 Å². The first-order valence-corrected chi connectivity index (χ1v) is 7.88. The molecule has 2 aliphatic rings. The molecule has 100 valence electrons. The molecule has 4 heteroatoms. The molecule has 1 atom stereocenters. The predicted molar refractivity (Wildman–Crippen MR) is 74.6 cm³/mol. The number of thioether (sulfide) groups is 1. The summed E-state index contributed by atoms with van der Waals surface area (Å²) in [5.74, 6) is 2.31. The lowest BCUT2D eigenvalue weighted by Crippen LogP contribution is -2.58. The third-order valence-electron chi connectivity index (χ3n) is 3.98. The molecular formula is C13H26N2OS. The Morgan fingerprint density at radius 2 is 2.06 bits per heavy atom.